The van der Waals surface area contributed by atoms with Gasteiger partial charge in [-0.2, -0.15) is 0 Å². The molecule has 1 aromatic rings. The Bertz CT molecular complexity index is 291. The monoisotopic (exact) mass is 180 g/mol. The number of aromatic nitrogens is 1. The van der Waals surface area contributed by atoms with Crippen LogP contribution in [0.3, 0.4) is 0 Å². The summed E-state index contributed by atoms with van der Waals surface area (Å²) in [5.74, 6) is 0.750. The zero-order chi connectivity index (χ0) is 9.26. The number of nitrogens with one attached hydrogen (secondary N) is 1. The molecule has 13 heavy (non-hydrogen) atoms. The highest BCUT2D eigenvalue weighted by Gasteiger charge is 2.32. The molecule has 2 rings (SSSR count). The number of hydrogen-bond donors (Lipinski definition) is 1. The van der Waals surface area contributed by atoms with Crippen LogP contribution >= 0.6 is 0 Å². The number of rotatable bonds is 3. The van der Waals surface area contributed by atoms with Crippen molar-refractivity contribution in [2.24, 2.45) is 11.8 Å². The maximum atomic E-state index is 11.5. The van der Waals surface area contributed by atoms with Gasteiger partial charge in [-0.1, -0.05) is 12.1 Å². The molecule has 0 spiro atoms. The average molecular weight is 180 g/mol. The number of hydrogen-bond acceptors (Lipinski definition) is 3. The second-order valence-corrected chi connectivity index (χ2v) is 3.53. The summed E-state index contributed by atoms with van der Waals surface area (Å²) in [5.41, 5.74) is 0.637. The number of nitrogens with zero attached hydrogens (tertiary/aromatic N) is 1. The van der Waals surface area contributed by atoms with E-state index in [2.05, 4.69) is 15.0 Å². The maximum absolute atomic E-state index is 11.5. The number of carbonyl (C=O) groups is 1. The largest absolute Gasteiger partial charge is 0.363 e. The minimum Gasteiger partial charge on any atom is -0.363 e. The molecule has 1 N–H and O–H groups in total. The fraction of sp³-hybridized carbons (Fsp3) is 0.556. The molecule has 1 aromatic heterocycles. The van der Waals surface area contributed by atoms with Gasteiger partial charge < -0.3 is 9.84 Å². The van der Waals surface area contributed by atoms with E-state index in [1.54, 1.807) is 0 Å². The van der Waals surface area contributed by atoms with E-state index in [4.69, 9.17) is 0 Å². The summed E-state index contributed by atoms with van der Waals surface area (Å²) in [6.45, 7) is 1.96. The number of carbonyl (C=O) groups excluding carboxylic acids is 1. The van der Waals surface area contributed by atoms with E-state index in [1.165, 1.54) is 25.3 Å². The summed E-state index contributed by atoms with van der Waals surface area (Å²) < 4.78 is 4.61. The third-order valence-electron chi connectivity index (χ3n) is 2.44. The molecule has 1 fully saturated rings. The zero-order valence-electron chi connectivity index (χ0n) is 7.49. The van der Waals surface area contributed by atoms with E-state index in [0.29, 0.717) is 11.6 Å². The minimum atomic E-state index is 0.0608. The normalized spacial score (nSPS) is 18.2. The van der Waals surface area contributed by atoms with Crippen LogP contribution < -0.4 is 5.32 Å². The summed E-state index contributed by atoms with van der Waals surface area (Å²) in [6.07, 6.45) is 5.28. The van der Waals surface area contributed by atoms with Gasteiger partial charge in [0.2, 0.25) is 5.91 Å². The Morgan fingerprint density at radius 1 is 1.77 bits per heavy atom. The van der Waals surface area contributed by atoms with E-state index < -0.39 is 0 Å². The number of anilines is 1. The van der Waals surface area contributed by atoms with Crippen LogP contribution in [0.2, 0.25) is 0 Å². The second kappa shape index (κ2) is 3.20. The van der Waals surface area contributed by atoms with Gasteiger partial charge >= 0.3 is 0 Å². The molecular formula is C9H12N2O2. The van der Waals surface area contributed by atoms with Crippen molar-refractivity contribution in [3.63, 3.8) is 0 Å². The Morgan fingerprint density at radius 2 is 2.54 bits per heavy atom. The van der Waals surface area contributed by atoms with Crippen LogP contribution in [0, 0.1) is 11.8 Å². The molecular weight excluding hydrogens is 168 g/mol. The average Bonchev–Trinajstić information content (AvgIpc) is 2.85. The van der Waals surface area contributed by atoms with Gasteiger partial charge in [0.25, 0.3) is 0 Å². The van der Waals surface area contributed by atoms with E-state index >= 15 is 0 Å². The van der Waals surface area contributed by atoms with Gasteiger partial charge in [0.1, 0.15) is 12.0 Å². The molecule has 0 radical (unpaired) electrons. The molecule has 0 aliphatic heterocycles. The molecule has 1 atom stereocenters. The predicted octanol–water partition coefficient (Wildman–Crippen LogP) is 1.66. The van der Waals surface area contributed by atoms with Crippen LogP contribution in [0.4, 0.5) is 5.69 Å². The van der Waals surface area contributed by atoms with Crippen LogP contribution in [0.1, 0.15) is 19.8 Å². The van der Waals surface area contributed by atoms with Gasteiger partial charge in [0, 0.05) is 5.92 Å². The van der Waals surface area contributed by atoms with Crippen LogP contribution in [0.15, 0.2) is 17.0 Å². The van der Waals surface area contributed by atoms with Gasteiger partial charge in [-0.3, -0.25) is 4.79 Å². The molecule has 1 aliphatic carbocycles. The van der Waals surface area contributed by atoms with Crippen molar-refractivity contribution in [1.82, 2.24) is 5.16 Å². The first-order valence-corrected chi connectivity index (χ1v) is 4.47. The molecule has 0 bridgehead atoms. The molecule has 1 amide bonds. The molecule has 4 nitrogen and oxygen atoms in total. The standard InChI is InChI=1S/C9H12N2O2/c1-6(7-2-3-7)9(12)11-8-4-10-13-5-8/h4-7H,2-3H2,1H3,(H,11,12). The fourth-order valence-electron chi connectivity index (χ4n) is 1.33. The Labute approximate surface area is 76.3 Å². The SMILES string of the molecule is CC(C(=O)Nc1cnoc1)C1CC1. The molecule has 4 heteroatoms. The smallest absolute Gasteiger partial charge is 0.227 e. The summed E-state index contributed by atoms with van der Waals surface area (Å²) in [5, 5.41) is 6.25. The highest BCUT2D eigenvalue weighted by Crippen LogP contribution is 2.36. The van der Waals surface area contributed by atoms with Crippen LogP contribution in [0.5, 0.6) is 0 Å². The second-order valence-electron chi connectivity index (χ2n) is 3.53. The Morgan fingerprint density at radius 3 is 3.08 bits per heavy atom. The van der Waals surface area contributed by atoms with Crippen molar-refractivity contribution in [1.29, 1.82) is 0 Å². The van der Waals surface area contributed by atoms with E-state index in [-0.39, 0.29) is 11.8 Å². The lowest BCUT2D eigenvalue weighted by Gasteiger charge is -2.08. The van der Waals surface area contributed by atoms with Crippen LogP contribution in [-0.4, -0.2) is 11.1 Å². The van der Waals surface area contributed by atoms with Crippen LogP contribution in [0.25, 0.3) is 0 Å². The molecule has 1 heterocycles. The van der Waals surface area contributed by atoms with Crippen molar-refractivity contribution in [2.45, 2.75) is 19.8 Å². The van der Waals surface area contributed by atoms with Gasteiger partial charge in [-0.15, -0.1) is 0 Å². The van der Waals surface area contributed by atoms with Gasteiger partial charge in [-0.05, 0) is 18.8 Å². The third-order valence-corrected chi connectivity index (χ3v) is 2.44. The first kappa shape index (κ1) is 8.29. The topological polar surface area (TPSA) is 55.1 Å². The van der Waals surface area contributed by atoms with Gasteiger partial charge in [0.15, 0.2) is 0 Å². The van der Waals surface area contributed by atoms with Crippen molar-refractivity contribution >= 4 is 11.6 Å². The molecule has 1 aliphatic rings. The first-order chi connectivity index (χ1) is 6.27. The fourth-order valence-corrected chi connectivity index (χ4v) is 1.33. The van der Waals surface area contributed by atoms with Crippen molar-refractivity contribution in [2.75, 3.05) is 5.32 Å². The van der Waals surface area contributed by atoms with Crippen molar-refractivity contribution < 1.29 is 9.32 Å². The van der Waals surface area contributed by atoms with Crippen molar-refractivity contribution in [3.05, 3.63) is 12.5 Å². The highest BCUT2D eigenvalue weighted by molar-refractivity contribution is 5.92. The Hall–Kier alpha value is -1.32. The van der Waals surface area contributed by atoms with E-state index in [1.807, 2.05) is 6.92 Å². The van der Waals surface area contributed by atoms with Crippen molar-refractivity contribution in [3.8, 4) is 0 Å². The lowest BCUT2D eigenvalue weighted by Crippen LogP contribution is -2.21. The third kappa shape index (κ3) is 1.88. The minimum absolute atomic E-state index is 0.0608. The summed E-state index contributed by atoms with van der Waals surface area (Å²) in [4.78, 5) is 11.5. The number of amides is 1. The Kier molecular flexibility index (Phi) is 2.04. The zero-order valence-corrected chi connectivity index (χ0v) is 7.49. The first-order valence-electron chi connectivity index (χ1n) is 4.47. The highest BCUT2D eigenvalue weighted by atomic mass is 16.5. The molecule has 1 saturated carbocycles. The van der Waals surface area contributed by atoms with E-state index in [0.717, 1.165) is 0 Å². The molecule has 0 saturated heterocycles. The van der Waals surface area contributed by atoms with Crippen LogP contribution in [-0.2, 0) is 4.79 Å². The predicted molar refractivity (Wildman–Crippen MR) is 47.0 cm³/mol. The lowest BCUT2D eigenvalue weighted by atomic mass is 10.1. The summed E-state index contributed by atoms with van der Waals surface area (Å²) in [6, 6.07) is 0. The maximum Gasteiger partial charge on any atom is 0.227 e. The lowest BCUT2D eigenvalue weighted by molar-refractivity contribution is -0.119. The quantitative estimate of drug-likeness (QED) is 0.769. The van der Waals surface area contributed by atoms with E-state index in [9.17, 15) is 4.79 Å². The van der Waals surface area contributed by atoms with Gasteiger partial charge in [0.05, 0.1) is 6.20 Å². The summed E-state index contributed by atoms with van der Waals surface area (Å²) in [7, 11) is 0. The Balaban J connectivity index is 1.90. The molecule has 0 aromatic carbocycles. The molecule has 1 unspecified atom stereocenters. The molecule has 70 valence electrons. The summed E-state index contributed by atoms with van der Waals surface area (Å²) >= 11 is 0. The van der Waals surface area contributed by atoms with Gasteiger partial charge in [-0.25, -0.2) is 0 Å².